The second-order valence-corrected chi connectivity index (χ2v) is 8.15. The Morgan fingerprint density at radius 3 is 2.50 bits per heavy atom. The minimum atomic E-state index is -4.49. The largest absolute Gasteiger partial charge is 0.417 e. The maximum atomic E-state index is 13.2. The van der Waals surface area contributed by atoms with Gasteiger partial charge >= 0.3 is 6.18 Å². The number of amides is 1. The second-order valence-electron chi connectivity index (χ2n) is 7.07. The molecule has 0 radical (unpaired) electrons. The SMILES string of the molecule is CN1CCCC[C@H]1[C@@H](NC(=O)c1cccc(C(F)(F)F)c1I)c1ccccc1. The highest BCUT2D eigenvalue weighted by molar-refractivity contribution is 14.1. The van der Waals surface area contributed by atoms with E-state index < -0.39 is 17.6 Å². The van der Waals surface area contributed by atoms with Gasteiger partial charge in [0.05, 0.1) is 17.2 Å². The number of hydrogen-bond donors (Lipinski definition) is 1. The molecule has 0 unspecified atom stereocenters. The van der Waals surface area contributed by atoms with Crippen molar-refractivity contribution in [2.75, 3.05) is 13.6 Å². The van der Waals surface area contributed by atoms with Gasteiger partial charge in [-0.25, -0.2) is 0 Å². The monoisotopic (exact) mass is 502 g/mol. The number of benzene rings is 2. The quantitative estimate of drug-likeness (QED) is 0.579. The molecule has 2 atom stereocenters. The van der Waals surface area contributed by atoms with E-state index >= 15 is 0 Å². The average molecular weight is 502 g/mol. The van der Waals surface area contributed by atoms with Crippen LogP contribution in [-0.2, 0) is 6.18 Å². The number of piperidine rings is 1. The van der Waals surface area contributed by atoms with Crippen LogP contribution in [-0.4, -0.2) is 30.4 Å². The number of likely N-dealkylation sites (tertiary alicyclic amines) is 1. The molecule has 0 spiro atoms. The topological polar surface area (TPSA) is 32.3 Å². The summed E-state index contributed by atoms with van der Waals surface area (Å²) in [6.07, 6.45) is -1.39. The van der Waals surface area contributed by atoms with Crippen molar-refractivity contribution in [3.63, 3.8) is 0 Å². The molecule has 1 heterocycles. The van der Waals surface area contributed by atoms with Gasteiger partial charge in [0, 0.05) is 9.61 Å². The van der Waals surface area contributed by atoms with Crippen LogP contribution in [0.1, 0.15) is 46.8 Å². The van der Waals surface area contributed by atoms with Crippen LogP contribution in [0.2, 0.25) is 0 Å². The van der Waals surface area contributed by atoms with Crippen molar-refractivity contribution in [2.45, 2.75) is 37.5 Å². The molecule has 1 aliphatic rings. The molecule has 1 amide bonds. The minimum absolute atomic E-state index is 0.0508. The fourth-order valence-corrected chi connectivity index (χ4v) is 4.64. The van der Waals surface area contributed by atoms with Gasteiger partial charge in [0.2, 0.25) is 0 Å². The molecule has 3 nitrogen and oxygen atoms in total. The molecule has 1 N–H and O–H groups in total. The molecule has 0 aliphatic carbocycles. The van der Waals surface area contributed by atoms with Crippen LogP contribution >= 0.6 is 22.6 Å². The summed E-state index contributed by atoms with van der Waals surface area (Å²) in [6, 6.07) is 13.2. The number of alkyl halides is 3. The highest BCUT2D eigenvalue weighted by Gasteiger charge is 2.35. The lowest BCUT2D eigenvalue weighted by atomic mass is 9.91. The van der Waals surface area contributed by atoms with Gasteiger partial charge in [0.1, 0.15) is 0 Å². The lowest BCUT2D eigenvalue weighted by Gasteiger charge is -2.38. The van der Waals surface area contributed by atoms with Crippen LogP contribution in [0.15, 0.2) is 48.5 Å². The molecule has 0 saturated carbocycles. The average Bonchev–Trinajstić information content (AvgIpc) is 2.66. The lowest BCUT2D eigenvalue weighted by Crippen LogP contribution is -2.47. The molecule has 0 aromatic heterocycles. The highest BCUT2D eigenvalue weighted by Crippen LogP contribution is 2.34. The van der Waals surface area contributed by atoms with E-state index in [9.17, 15) is 18.0 Å². The Balaban J connectivity index is 1.92. The maximum Gasteiger partial charge on any atom is 0.417 e. The Morgan fingerprint density at radius 1 is 1.14 bits per heavy atom. The predicted octanol–water partition coefficient (Wildman–Crippen LogP) is 5.27. The third-order valence-electron chi connectivity index (χ3n) is 5.21. The highest BCUT2D eigenvalue weighted by atomic mass is 127. The number of carbonyl (C=O) groups excluding carboxylic acids is 1. The summed E-state index contributed by atoms with van der Waals surface area (Å²) < 4.78 is 39.6. The zero-order valence-electron chi connectivity index (χ0n) is 15.5. The Hall–Kier alpha value is -1.61. The van der Waals surface area contributed by atoms with E-state index in [1.165, 1.54) is 12.1 Å². The molecular formula is C21H22F3IN2O. The third kappa shape index (κ3) is 4.68. The molecule has 3 rings (SSSR count). The third-order valence-corrected chi connectivity index (χ3v) is 6.37. The second kappa shape index (κ2) is 8.82. The number of carbonyl (C=O) groups is 1. The maximum absolute atomic E-state index is 13.2. The summed E-state index contributed by atoms with van der Waals surface area (Å²) in [6.45, 7) is 0.935. The Morgan fingerprint density at radius 2 is 1.86 bits per heavy atom. The molecule has 1 fully saturated rings. The standard InChI is InChI=1S/C21H22F3IN2O/c1-27-13-6-5-12-17(27)19(14-8-3-2-4-9-14)26-20(28)15-10-7-11-16(18(15)25)21(22,23)24/h2-4,7-11,17,19H,5-6,12-13H2,1H3,(H,26,28)/t17-,19-/m0/s1. The molecular weight excluding hydrogens is 480 g/mol. The number of rotatable bonds is 4. The van der Waals surface area contributed by atoms with Crippen molar-refractivity contribution in [1.29, 1.82) is 0 Å². The van der Waals surface area contributed by atoms with E-state index in [2.05, 4.69) is 10.2 Å². The molecule has 2 aromatic carbocycles. The van der Waals surface area contributed by atoms with Crippen molar-refractivity contribution < 1.29 is 18.0 Å². The summed E-state index contributed by atoms with van der Waals surface area (Å²) >= 11 is 1.61. The first-order chi connectivity index (χ1) is 13.3. The molecule has 28 heavy (non-hydrogen) atoms. The van der Waals surface area contributed by atoms with Gasteiger partial charge < -0.3 is 10.2 Å². The Kier molecular flexibility index (Phi) is 6.65. The Bertz CT molecular complexity index is 826. The predicted molar refractivity (Wildman–Crippen MR) is 111 cm³/mol. The molecule has 1 saturated heterocycles. The first kappa shape index (κ1) is 21.1. The fourth-order valence-electron chi connectivity index (χ4n) is 3.73. The van der Waals surface area contributed by atoms with Crippen molar-refractivity contribution in [2.24, 2.45) is 0 Å². The van der Waals surface area contributed by atoms with Crippen molar-refractivity contribution in [1.82, 2.24) is 10.2 Å². The van der Waals surface area contributed by atoms with Crippen LogP contribution in [0.25, 0.3) is 0 Å². The lowest BCUT2D eigenvalue weighted by molar-refractivity contribution is -0.138. The van der Waals surface area contributed by atoms with Gasteiger partial charge in [-0.15, -0.1) is 0 Å². The van der Waals surface area contributed by atoms with Crippen LogP contribution in [0.4, 0.5) is 13.2 Å². The summed E-state index contributed by atoms with van der Waals surface area (Å²) in [7, 11) is 2.03. The minimum Gasteiger partial charge on any atom is -0.344 e. The summed E-state index contributed by atoms with van der Waals surface area (Å²) in [5.74, 6) is -0.483. The normalized spacial score (nSPS) is 19.2. The van der Waals surface area contributed by atoms with Crippen LogP contribution in [0.3, 0.4) is 0 Å². The first-order valence-corrected chi connectivity index (χ1v) is 10.3. The molecule has 1 aliphatic heterocycles. The molecule has 2 aromatic rings. The first-order valence-electron chi connectivity index (χ1n) is 9.21. The summed E-state index contributed by atoms with van der Waals surface area (Å²) in [4.78, 5) is 15.2. The molecule has 7 heteroatoms. The molecule has 150 valence electrons. The van der Waals surface area contributed by atoms with Crippen molar-refractivity contribution in [3.8, 4) is 0 Å². The summed E-state index contributed by atoms with van der Waals surface area (Å²) in [5.41, 5.74) is 0.221. The van der Waals surface area contributed by atoms with E-state index in [1.807, 2.05) is 37.4 Å². The number of nitrogens with zero attached hydrogens (tertiary/aromatic N) is 1. The van der Waals surface area contributed by atoms with E-state index in [-0.39, 0.29) is 21.2 Å². The summed E-state index contributed by atoms with van der Waals surface area (Å²) in [5, 5.41) is 3.02. The van der Waals surface area contributed by atoms with Crippen molar-refractivity contribution in [3.05, 3.63) is 68.8 Å². The van der Waals surface area contributed by atoms with E-state index in [0.29, 0.717) is 0 Å². The fraction of sp³-hybridized carbons (Fsp3) is 0.381. The van der Waals surface area contributed by atoms with Gasteiger partial charge in [0.25, 0.3) is 5.91 Å². The Labute approximate surface area is 176 Å². The number of likely N-dealkylation sites (N-methyl/N-ethyl adjacent to an activating group) is 1. The smallest absolute Gasteiger partial charge is 0.344 e. The molecule has 0 bridgehead atoms. The van der Waals surface area contributed by atoms with Gasteiger partial charge in [-0.1, -0.05) is 42.8 Å². The van der Waals surface area contributed by atoms with E-state index in [4.69, 9.17) is 0 Å². The van der Waals surface area contributed by atoms with Crippen LogP contribution < -0.4 is 5.32 Å². The van der Waals surface area contributed by atoms with Gasteiger partial charge in [-0.2, -0.15) is 13.2 Å². The van der Waals surface area contributed by atoms with Crippen LogP contribution in [0, 0.1) is 3.57 Å². The zero-order chi connectivity index (χ0) is 20.3. The van der Waals surface area contributed by atoms with E-state index in [1.54, 1.807) is 22.6 Å². The van der Waals surface area contributed by atoms with Gasteiger partial charge in [-0.3, -0.25) is 4.79 Å². The zero-order valence-corrected chi connectivity index (χ0v) is 17.6. The number of halogens is 4. The van der Waals surface area contributed by atoms with Crippen LogP contribution in [0.5, 0.6) is 0 Å². The van der Waals surface area contributed by atoms with Gasteiger partial charge in [0.15, 0.2) is 0 Å². The van der Waals surface area contributed by atoms with Gasteiger partial charge in [-0.05, 0) is 66.7 Å². The van der Waals surface area contributed by atoms with E-state index in [0.717, 1.165) is 37.4 Å². The number of hydrogen-bond acceptors (Lipinski definition) is 2. The van der Waals surface area contributed by atoms with Crippen molar-refractivity contribution >= 4 is 28.5 Å². The number of nitrogens with one attached hydrogen (secondary N) is 1.